The van der Waals surface area contributed by atoms with Crippen molar-refractivity contribution in [3.8, 4) is 0 Å². The van der Waals surface area contributed by atoms with E-state index in [9.17, 15) is 5.11 Å². The second kappa shape index (κ2) is 4.03. The van der Waals surface area contributed by atoms with Gasteiger partial charge in [-0.3, -0.25) is 0 Å². The van der Waals surface area contributed by atoms with Crippen LogP contribution in [-0.4, -0.2) is 11.2 Å². The van der Waals surface area contributed by atoms with Crippen molar-refractivity contribution in [1.82, 2.24) is 0 Å². The summed E-state index contributed by atoms with van der Waals surface area (Å²) in [6.07, 6.45) is 8.76. The van der Waals surface area contributed by atoms with Crippen molar-refractivity contribution in [2.45, 2.75) is 46.6 Å². The zero-order chi connectivity index (χ0) is 11.9. The van der Waals surface area contributed by atoms with Crippen LogP contribution in [0.5, 0.6) is 0 Å². The fraction of sp³-hybridized carbons (Fsp3) is 0.733. The third-order valence-electron chi connectivity index (χ3n) is 4.92. The molecule has 0 saturated heterocycles. The van der Waals surface area contributed by atoms with Gasteiger partial charge in [0.25, 0.3) is 0 Å². The quantitative estimate of drug-likeness (QED) is 0.670. The van der Waals surface area contributed by atoms with E-state index in [-0.39, 0.29) is 6.10 Å². The summed E-state index contributed by atoms with van der Waals surface area (Å²) >= 11 is 0. The molecule has 0 unspecified atom stereocenters. The van der Waals surface area contributed by atoms with Crippen LogP contribution in [0.3, 0.4) is 0 Å². The Hall–Kier alpha value is -0.560. The molecule has 0 amide bonds. The van der Waals surface area contributed by atoms with Crippen LogP contribution in [0.15, 0.2) is 23.8 Å². The van der Waals surface area contributed by atoms with E-state index < -0.39 is 0 Å². The summed E-state index contributed by atoms with van der Waals surface area (Å²) in [6, 6.07) is 0. The van der Waals surface area contributed by atoms with Gasteiger partial charge in [0.1, 0.15) is 0 Å². The lowest BCUT2D eigenvalue weighted by atomic mass is 9.67. The predicted octanol–water partition coefficient (Wildman–Crippen LogP) is 3.55. The summed E-state index contributed by atoms with van der Waals surface area (Å²) in [5.41, 5.74) is 1.86. The third kappa shape index (κ3) is 1.86. The lowest BCUT2D eigenvalue weighted by Crippen LogP contribution is -2.32. The Morgan fingerprint density at radius 2 is 2.00 bits per heavy atom. The first-order chi connectivity index (χ1) is 7.43. The van der Waals surface area contributed by atoms with Gasteiger partial charge in [-0.2, -0.15) is 0 Å². The van der Waals surface area contributed by atoms with Gasteiger partial charge in [0, 0.05) is 0 Å². The third-order valence-corrected chi connectivity index (χ3v) is 4.92. The molecule has 16 heavy (non-hydrogen) atoms. The van der Waals surface area contributed by atoms with Gasteiger partial charge >= 0.3 is 0 Å². The van der Waals surface area contributed by atoms with Crippen LogP contribution in [0, 0.1) is 23.2 Å². The van der Waals surface area contributed by atoms with E-state index in [2.05, 4.69) is 39.8 Å². The normalized spacial score (nSPS) is 42.2. The SMILES string of the molecule is CC1=CC[C@H]([C@@H]2C=C[C@@H](O)[C@H](C)C2)C1(C)C. The highest BCUT2D eigenvalue weighted by Crippen LogP contribution is 2.49. The van der Waals surface area contributed by atoms with Crippen LogP contribution in [0.25, 0.3) is 0 Å². The van der Waals surface area contributed by atoms with Crippen molar-refractivity contribution in [3.05, 3.63) is 23.8 Å². The molecule has 0 spiro atoms. The number of hydrogen-bond donors (Lipinski definition) is 1. The fourth-order valence-corrected chi connectivity index (χ4v) is 3.26. The minimum absolute atomic E-state index is 0.227. The van der Waals surface area contributed by atoms with Gasteiger partial charge in [0.15, 0.2) is 0 Å². The number of rotatable bonds is 1. The first kappa shape index (κ1) is 11.9. The van der Waals surface area contributed by atoms with Gasteiger partial charge in [-0.1, -0.05) is 44.6 Å². The van der Waals surface area contributed by atoms with Crippen LogP contribution in [-0.2, 0) is 0 Å². The van der Waals surface area contributed by atoms with Crippen molar-refractivity contribution < 1.29 is 5.11 Å². The number of aliphatic hydroxyl groups is 1. The standard InChI is InChI=1S/C15H24O/c1-10-9-12(6-8-14(10)16)13-7-5-11(2)15(13,3)4/h5-6,8,10,12-14,16H,7,9H2,1-4H3/t10-,12-,13-,14-/m1/s1. The largest absolute Gasteiger partial charge is 0.389 e. The topological polar surface area (TPSA) is 20.2 Å². The minimum atomic E-state index is -0.227. The highest BCUT2D eigenvalue weighted by molar-refractivity contribution is 5.21. The Morgan fingerprint density at radius 3 is 2.50 bits per heavy atom. The van der Waals surface area contributed by atoms with E-state index in [1.165, 1.54) is 12.0 Å². The van der Waals surface area contributed by atoms with Gasteiger partial charge in [-0.05, 0) is 42.9 Å². The monoisotopic (exact) mass is 220 g/mol. The van der Waals surface area contributed by atoms with E-state index >= 15 is 0 Å². The van der Waals surface area contributed by atoms with E-state index in [0.29, 0.717) is 17.3 Å². The Morgan fingerprint density at radius 1 is 1.31 bits per heavy atom. The van der Waals surface area contributed by atoms with Crippen molar-refractivity contribution in [3.63, 3.8) is 0 Å². The molecule has 0 saturated carbocycles. The number of allylic oxidation sites excluding steroid dienone is 3. The van der Waals surface area contributed by atoms with Gasteiger partial charge < -0.3 is 5.11 Å². The van der Waals surface area contributed by atoms with E-state index in [0.717, 1.165) is 12.3 Å². The van der Waals surface area contributed by atoms with Crippen molar-refractivity contribution >= 4 is 0 Å². The minimum Gasteiger partial charge on any atom is -0.389 e. The molecule has 2 rings (SSSR count). The molecule has 0 aliphatic heterocycles. The predicted molar refractivity (Wildman–Crippen MR) is 68.1 cm³/mol. The zero-order valence-electron chi connectivity index (χ0n) is 10.9. The molecule has 90 valence electrons. The molecule has 0 aromatic heterocycles. The van der Waals surface area contributed by atoms with E-state index in [4.69, 9.17) is 0 Å². The Kier molecular flexibility index (Phi) is 3.00. The van der Waals surface area contributed by atoms with Crippen molar-refractivity contribution in [1.29, 1.82) is 0 Å². The van der Waals surface area contributed by atoms with Crippen LogP contribution in [0.2, 0.25) is 0 Å². The summed E-state index contributed by atoms with van der Waals surface area (Å²) in [5.74, 6) is 1.77. The Bertz CT molecular complexity index is 324. The molecular formula is C15H24O. The maximum absolute atomic E-state index is 9.72. The zero-order valence-corrected chi connectivity index (χ0v) is 10.9. The molecule has 0 aromatic carbocycles. The maximum Gasteiger partial charge on any atom is 0.0746 e. The second-order valence-corrected chi connectivity index (χ2v) is 6.20. The summed E-state index contributed by atoms with van der Waals surface area (Å²) in [4.78, 5) is 0. The molecule has 0 bridgehead atoms. The lowest BCUT2D eigenvalue weighted by Gasteiger charge is -2.38. The number of hydrogen-bond acceptors (Lipinski definition) is 1. The fourth-order valence-electron chi connectivity index (χ4n) is 3.26. The molecule has 0 heterocycles. The Balaban J connectivity index is 2.14. The molecule has 1 heteroatoms. The Labute approximate surface area is 99.3 Å². The molecule has 0 aromatic rings. The highest BCUT2D eigenvalue weighted by atomic mass is 16.3. The molecular weight excluding hydrogens is 196 g/mol. The van der Waals surface area contributed by atoms with Crippen LogP contribution in [0.1, 0.15) is 40.5 Å². The summed E-state index contributed by atoms with van der Waals surface area (Å²) < 4.78 is 0. The van der Waals surface area contributed by atoms with Gasteiger partial charge in [0.05, 0.1) is 6.10 Å². The molecule has 0 fully saturated rings. The smallest absolute Gasteiger partial charge is 0.0746 e. The maximum atomic E-state index is 9.72. The van der Waals surface area contributed by atoms with E-state index in [1.807, 2.05) is 6.08 Å². The molecule has 4 atom stereocenters. The van der Waals surface area contributed by atoms with Crippen LogP contribution < -0.4 is 0 Å². The summed E-state index contributed by atoms with van der Waals surface area (Å²) in [6.45, 7) is 9.13. The van der Waals surface area contributed by atoms with Crippen LogP contribution >= 0.6 is 0 Å². The van der Waals surface area contributed by atoms with Crippen LogP contribution in [0.4, 0.5) is 0 Å². The average Bonchev–Trinajstić information content (AvgIpc) is 2.47. The van der Waals surface area contributed by atoms with Gasteiger partial charge in [-0.15, -0.1) is 0 Å². The second-order valence-electron chi connectivity index (χ2n) is 6.20. The number of aliphatic hydroxyl groups excluding tert-OH is 1. The van der Waals surface area contributed by atoms with Crippen molar-refractivity contribution in [2.75, 3.05) is 0 Å². The highest BCUT2D eigenvalue weighted by Gasteiger charge is 2.40. The molecule has 2 aliphatic carbocycles. The van der Waals surface area contributed by atoms with Crippen molar-refractivity contribution in [2.24, 2.45) is 23.2 Å². The molecule has 1 N–H and O–H groups in total. The van der Waals surface area contributed by atoms with E-state index in [1.54, 1.807) is 0 Å². The first-order valence-electron chi connectivity index (χ1n) is 6.46. The molecule has 1 nitrogen and oxygen atoms in total. The summed E-state index contributed by atoms with van der Waals surface area (Å²) in [5, 5.41) is 9.72. The molecule has 0 radical (unpaired) electrons. The average molecular weight is 220 g/mol. The molecule has 2 aliphatic rings. The first-order valence-corrected chi connectivity index (χ1v) is 6.46. The lowest BCUT2D eigenvalue weighted by molar-refractivity contribution is 0.112. The van der Waals surface area contributed by atoms with Gasteiger partial charge in [0.2, 0.25) is 0 Å². The summed E-state index contributed by atoms with van der Waals surface area (Å²) in [7, 11) is 0. The van der Waals surface area contributed by atoms with Gasteiger partial charge in [-0.25, -0.2) is 0 Å².